The highest BCUT2D eigenvalue weighted by Gasteiger charge is 2.60. The van der Waals surface area contributed by atoms with Crippen molar-refractivity contribution in [1.82, 2.24) is 0 Å². The van der Waals surface area contributed by atoms with E-state index in [9.17, 15) is 0 Å². The van der Waals surface area contributed by atoms with Crippen LogP contribution in [0.15, 0.2) is 212 Å². The number of nitrogens with zero attached hydrogens (tertiary/aromatic N) is 2. The number of para-hydroxylation sites is 2. The molecule has 0 fully saturated rings. The quantitative estimate of drug-likeness (QED) is 0.159. The molecule has 9 aromatic carbocycles. The van der Waals surface area contributed by atoms with Gasteiger partial charge in [-0.15, -0.1) is 22.7 Å². The molecule has 0 radical (unpaired) electrons. The molecule has 0 saturated heterocycles. The Kier molecular flexibility index (Phi) is 7.37. The first-order valence-electron chi connectivity index (χ1n) is 24.9. The number of benzene rings is 9. The van der Waals surface area contributed by atoms with Gasteiger partial charge in [-0.05, 0) is 128 Å². The van der Waals surface area contributed by atoms with Gasteiger partial charge in [0.25, 0.3) is 6.71 Å². The summed E-state index contributed by atoms with van der Waals surface area (Å²) in [4.78, 5) is 8.19. The molecule has 17 rings (SSSR count). The van der Waals surface area contributed by atoms with Gasteiger partial charge in [-0.25, -0.2) is 0 Å². The van der Waals surface area contributed by atoms with Crippen LogP contribution < -0.4 is 24.8 Å². The Hall–Kier alpha value is -7.96. The first-order chi connectivity index (χ1) is 35.1. The highest BCUT2D eigenvalue weighted by molar-refractivity contribution is 7.37. The standard InChI is InChI=1S/C66H41BN2S2/c1-38-33-34-47-53(35-38)66(50-30-16-11-25-44(50)45-26-12-17-31-51(45)66)62-57(47)60-64(71-62)67-58-54(36-39(2)37-55(58)69(60)41-21-7-4-8-22-41)68(40-19-5-3-6-20-40)59-56-46-27-13-18-32-52(46)65(61(56)70-63(59)67)48-28-14-9-23-42(48)43-24-10-15-29-49(43)65/h3-37H,1-2H3. The molecule has 6 aliphatic rings. The molecule has 0 unspecified atom stereocenters. The van der Waals surface area contributed by atoms with E-state index >= 15 is 0 Å². The summed E-state index contributed by atoms with van der Waals surface area (Å²) < 4.78 is 2.85. The molecule has 0 amide bonds. The van der Waals surface area contributed by atoms with Gasteiger partial charge < -0.3 is 9.80 Å². The maximum absolute atomic E-state index is 2.66. The minimum atomic E-state index is -0.468. The van der Waals surface area contributed by atoms with E-state index in [1.54, 1.807) is 0 Å². The van der Waals surface area contributed by atoms with E-state index < -0.39 is 10.8 Å². The van der Waals surface area contributed by atoms with Gasteiger partial charge in [-0.2, -0.15) is 0 Å². The lowest BCUT2D eigenvalue weighted by molar-refractivity contribution is 0.810. The molecule has 5 heteroatoms. The van der Waals surface area contributed by atoms with E-state index in [-0.39, 0.29) is 6.71 Å². The molecule has 4 aliphatic carbocycles. The van der Waals surface area contributed by atoms with Crippen molar-refractivity contribution in [3.05, 3.63) is 267 Å². The van der Waals surface area contributed by atoms with Crippen molar-refractivity contribution in [2.45, 2.75) is 24.7 Å². The van der Waals surface area contributed by atoms with E-state index in [0.717, 1.165) is 0 Å². The summed E-state index contributed by atoms with van der Waals surface area (Å²) in [6.07, 6.45) is 0. The first-order valence-corrected chi connectivity index (χ1v) is 26.5. The zero-order chi connectivity index (χ0) is 46.5. The third kappa shape index (κ3) is 4.46. The van der Waals surface area contributed by atoms with E-state index in [2.05, 4.69) is 259 Å². The van der Waals surface area contributed by atoms with Gasteiger partial charge in [0, 0.05) is 53.2 Å². The molecular formula is C66H41BN2S2. The molecule has 330 valence electrons. The third-order valence-electron chi connectivity index (χ3n) is 16.9. The number of hydrogen-bond acceptors (Lipinski definition) is 4. The smallest absolute Gasteiger partial charge is 0.277 e. The molecule has 0 atom stereocenters. The lowest BCUT2D eigenvalue weighted by Gasteiger charge is -2.43. The zero-order valence-corrected chi connectivity index (χ0v) is 40.6. The Morgan fingerprint density at radius 2 is 0.718 bits per heavy atom. The predicted molar refractivity (Wildman–Crippen MR) is 298 cm³/mol. The van der Waals surface area contributed by atoms with Gasteiger partial charge in [0.05, 0.1) is 22.2 Å². The number of rotatable bonds is 2. The van der Waals surface area contributed by atoms with Crippen LogP contribution in [0.3, 0.4) is 0 Å². The SMILES string of the molecule is Cc1cc2c3c(c1)N(c1ccccc1)c1c(sc4c1-c1ccc(C)cc1C41c4ccccc4-c4ccccc41)B3c1sc3c(c1N2c1ccccc1)-c1ccccc1C31c2ccccc2-c2ccccc21. The Morgan fingerprint density at radius 3 is 1.17 bits per heavy atom. The van der Waals surface area contributed by atoms with Crippen LogP contribution in [-0.4, -0.2) is 6.71 Å². The Balaban J connectivity index is 1.05. The van der Waals surface area contributed by atoms with Gasteiger partial charge in [-0.1, -0.05) is 181 Å². The van der Waals surface area contributed by atoms with Crippen LogP contribution in [0, 0.1) is 13.8 Å². The summed E-state index contributed by atoms with van der Waals surface area (Å²) in [7, 11) is 0. The van der Waals surface area contributed by atoms with Crippen LogP contribution in [0.5, 0.6) is 0 Å². The Labute approximate surface area is 421 Å². The lowest BCUT2D eigenvalue weighted by Crippen LogP contribution is -2.59. The molecule has 2 aliphatic heterocycles. The van der Waals surface area contributed by atoms with Gasteiger partial charge in [0.15, 0.2) is 0 Å². The van der Waals surface area contributed by atoms with E-state index in [1.165, 1.54) is 148 Å². The molecule has 0 N–H and O–H groups in total. The highest BCUT2D eigenvalue weighted by atomic mass is 32.1. The normalized spacial score (nSPS) is 15.3. The summed E-state index contributed by atoms with van der Waals surface area (Å²) in [6, 6.07) is 81.1. The van der Waals surface area contributed by atoms with Crippen molar-refractivity contribution in [3.8, 4) is 44.5 Å². The van der Waals surface area contributed by atoms with Crippen LogP contribution in [-0.2, 0) is 10.8 Å². The van der Waals surface area contributed by atoms with Crippen LogP contribution in [0.25, 0.3) is 44.5 Å². The zero-order valence-electron chi connectivity index (χ0n) is 39.0. The van der Waals surface area contributed by atoms with E-state index in [0.29, 0.717) is 0 Å². The van der Waals surface area contributed by atoms with Gasteiger partial charge in [0.2, 0.25) is 0 Å². The molecule has 71 heavy (non-hydrogen) atoms. The van der Waals surface area contributed by atoms with Crippen molar-refractivity contribution in [1.29, 1.82) is 0 Å². The van der Waals surface area contributed by atoms with Crippen LogP contribution in [0.2, 0.25) is 0 Å². The number of aryl methyl sites for hydroxylation is 2. The molecule has 2 nitrogen and oxygen atoms in total. The maximum Gasteiger partial charge on any atom is 0.277 e. The molecule has 0 bridgehead atoms. The Bertz CT molecular complexity index is 4090. The molecule has 11 aromatic rings. The number of anilines is 6. The second-order valence-electron chi connectivity index (χ2n) is 20.3. The second-order valence-corrected chi connectivity index (χ2v) is 22.4. The number of thiophene rings is 2. The monoisotopic (exact) mass is 936 g/mol. The maximum atomic E-state index is 2.66. The van der Waals surface area contributed by atoms with Crippen molar-refractivity contribution in [3.63, 3.8) is 0 Å². The number of hydrogen-bond donors (Lipinski definition) is 0. The topological polar surface area (TPSA) is 6.48 Å². The Morgan fingerprint density at radius 1 is 0.352 bits per heavy atom. The minimum absolute atomic E-state index is 0.0225. The van der Waals surface area contributed by atoms with Crippen LogP contribution >= 0.6 is 22.7 Å². The van der Waals surface area contributed by atoms with E-state index in [1.807, 2.05) is 0 Å². The summed E-state index contributed by atoms with van der Waals surface area (Å²) >= 11 is 4.17. The molecular weight excluding hydrogens is 896 g/mol. The average Bonchev–Trinajstić information content (AvgIpc) is 4.25. The van der Waals surface area contributed by atoms with Gasteiger partial charge in [0.1, 0.15) is 0 Å². The van der Waals surface area contributed by atoms with Crippen LogP contribution in [0.1, 0.15) is 54.3 Å². The fraction of sp³-hybridized carbons (Fsp3) is 0.0606. The predicted octanol–water partition coefficient (Wildman–Crippen LogP) is 15.2. The second kappa shape index (κ2) is 13.5. The summed E-state index contributed by atoms with van der Waals surface area (Å²) in [6.45, 7) is 4.55. The summed E-state index contributed by atoms with van der Waals surface area (Å²) in [5.41, 5.74) is 29.6. The summed E-state index contributed by atoms with van der Waals surface area (Å²) in [5.74, 6) is 0. The van der Waals surface area contributed by atoms with Gasteiger partial charge >= 0.3 is 0 Å². The molecule has 4 heterocycles. The highest BCUT2D eigenvalue weighted by Crippen LogP contribution is 2.69. The van der Waals surface area contributed by atoms with E-state index in [4.69, 9.17) is 0 Å². The van der Waals surface area contributed by atoms with Crippen LogP contribution in [0.4, 0.5) is 34.1 Å². The van der Waals surface area contributed by atoms with Gasteiger partial charge in [-0.3, -0.25) is 0 Å². The fourth-order valence-electron chi connectivity index (χ4n) is 14.5. The fourth-order valence-corrected chi connectivity index (χ4v) is 17.9. The van der Waals surface area contributed by atoms with Crippen molar-refractivity contribution < 1.29 is 0 Å². The lowest BCUT2D eigenvalue weighted by atomic mass is 9.39. The third-order valence-corrected chi connectivity index (χ3v) is 19.6. The minimum Gasteiger partial charge on any atom is -0.310 e. The van der Waals surface area contributed by atoms with Crippen molar-refractivity contribution in [2.75, 3.05) is 9.80 Å². The average molecular weight is 937 g/mol. The summed E-state index contributed by atoms with van der Waals surface area (Å²) in [5, 5.41) is 0. The van der Waals surface area contributed by atoms with Crippen molar-refractivity contribution >= 4 is 78.5 Å². The molecule has 0 saturated carbocycles. The first kappa shape index (κ1) is 38.8. The number of fused-ring (bicyclic) bond motifs is 26. The molecule has 2 aromatic heterocycles. The van der Waals surface area contributed by atoms with Crippen molar-refractivity contribution in [2.24, 2.45) is 0 Å². The molecule has 2 spiro atoms. The largest absolute Gasteiger partial charge is 0.310 e.